The molecule has 0 spiro atoms. The molecule has 0 aromatic heterocycles. The summed E-state index contributed by atoms with van der Waals surface area (Å²) in [4.78, 5) is 10.9. The fourth-order valence-electron chi connectivity index (χ4n) is 1.61. The van der Waals surface area contributed by atoms with Crippen LogP contribution in [0.1, 0.15) is 5.56 Å². The van der Waals surface area contributed by atoms with Gasteiger partial charge in [-0.25, -0.2) is 4.79 Å². The third-order valence-electron chi connectivity index (χ3n) is 2.18. The van der Waals surface area contributed by atoms with E-state index in [1.54, 1.807) is 0 Å². The minimum Gasteiger partial charge on any atom is -0.450 e. The van der Waals surface area contributed by atoms with Crippen molar-refractivity contribution in [3.05, 3.63) is 35.9 Å². The largest absolute Gasteiger partial charge is 0.450 e. The molecule has 2 aliphatic heterocycles. The molecule has 0 amide bonds. The van der Waals surface area contributed by atoms with Crippen LogP contribution in [-0.2, 0) is 9.53 Å². The van der Waals surface area contributed by atoms with Crippen LogP contribution < -0.4 is 4.74 Å². The minimum atomic E-state index is -0.509. The van der Waals surface area contributed by atoms with E-state index in [0.717, 1.165) is 16.9 Å². The molecular weight excluding hydrogens is 168 g/mol. The van der Waals surface area contributed by atoms with Gasteiger partial charge < -0.3 is 9.47 Å². The first kappa shape index (κ1) is 6.71. The Hall–Kier alpha value is -1.77. The monoisotopic (exact) mass is 174 g/mol. The summed E-state index contributed by atoms with van der Waals surface area (Å²) < 4.78 is 10.3. The lowest BCUT2D eigenvalue weighted by molar-refractivity contribution is -0.146. The van der Waals surface area contributed by atoms with Crippen molar-refractivity contribution in [1.29, 1.82) is 0 Å². The van der Waals surface area contributed by atoms with E-state index < -0.39 is 6.29 Å². The summed E-state index contributed by atoms with van der Waals surface area (Å²) in [6, 6.07) is 7.59. The molecule has 0 radical (unpaired) electrons. The Kier molecular flexibility index (Phi) is 1.10. The molecule has 0 saturated heterocycles. The average molecular weight is 174 g/mol. The molecule has 64 valence electrons. The molecule has 0 saturated carbocycles. The molecular formula is C10H6O3. The predicted octanol–water partition coefficient (Wildman–Crippen LogP) is 1.35. The molecule has 13 heavy (non-hydrogen) atoms. The maximum atomic E-state index is 10.9. The third-order valence-corrected chi connectivity index (χ3v) is 2.18. The van der Waals surface area contributed by atoms with Gasteiger partial charge in [-0.1, -0.05) is 18.2 Å². The van der Waals surface area contributed by atoms with Crippen molar-refractivity contribution in [1.82, 2.24) is 0 Å². The highest BCUT2D eigenvalue weighted by atomic mass is 16.7. The number of benzene rings is 1. The number of rotatable bonds is 0. The lowest BCUT2D eigenvalue weighted by Gasteiger charge is -2.05. The zero-order chi connectivity index (χ0) is 8.84. The molecule has 1 aromatic rings. The van der Waals surface area contributed by atoms with Crippen molar-refractivity contribution in [2.45, 2.75) is 6.29 Å². The summed E-state index contributed by atoms with van der Waals surface area (Å²) in [5.41, 5.74) is 1.79. The highest BCUT2D eigenvalue weighted by Gasteiger charge is 2.36. The normalized spacial score (nSPS) is 22.9. The molecule has 0 bridgehead atoms. The number of fused-ring (bicyclic) bond motifs is 3. The van der Waals surface area contributed by atoms with Gasteiger partial charge in [0.2, 0.25) is 0 Å². The van der Waals surface area contributed by atoms with Crippen molar-refractivity contribution in [3.63, 3.8) is 0 Å². The number of hydrogen-bond acceptors (Lipinski definition) is 3. The standard InChI is InChI=1S/C10H6O3/c11-9-5-7-6-3-1-2-4-8(6)12-10(7)13-9/h1-5,10H. The van der Waals surface area contributed by atoms with Crippen LogP contribution in [0.2, 0.25) is 0 Å². The van der Waals surface area contributed by atoms with Crippen molar-refractivity contribution < 1.29 is 14.3 Å². The van der Waals surface area contributed by atoms with E-state index in [0.29, 0.717) is 0 Å². The number of hydrogen-bond donors (Lipinski definition) is 0. The number of carbonyl (C=O) groups excluding carboxylic acids is 1. The van der Waals surface area contributed by atoms with Crippen LogP contribution in [0.25, 0.3) is 5.57 Å². The summed E-state index contributed by atoms with van der Waals surface area (Å²) in [5, 5.41) is 0. The van der Waals surface area contributed by atoms with Gasteiger partial charge in [0.25, 0.3) is 6.29 Å². The Bertz CT molecular complexity index is 420. The molecule has 0 N–H and O–H groups in total. The van der Waals surface area contributed by atoms with E-state index in [4.69, 9.17) is 9.47 Å². The first-order valence-corrected chi connectivity index (χ1v) is 4.03. The molecule has 2 aliphatic rings. The summed E-state index contributed by atoms with van der Waals surface area (Å²) in [6.45, 7) is 0. The minimum absolute atomic E-state index is 0.325. The van der Waals surface area contributed by atoms with Crippen molar-refractivity contribution in [2.75, 3.05) is 0 Å². The summed E-state index contributed by atoms with van der Waals surface area (Å²) >= 11 is 0. The molecule has 3 rings (SSSR count). The third kappa shape index (κ3) is 0.811. The van der Waals surface area contributed by atoms with Gasteiger partial charge in [-0.2, -0.15) is 0 Å². The summed E-state index contributed by atoms with van der Waals surface area (Å²) in [7, 11) is 0. The molecule has 3 heteroatoms. The Morgan fingerprint density at radius 2 is 2.00 bits per heavy atom. The molecule has 1 atom stereocenters. The fourth-order valence-corrected chi connectivity index (χ4v) is 1.61. The molecule has 0 fully saturated rings. The number of esters is 1. The highest BCUT2D eigenvalue weighted by Crippen LogP contribution is 2.40. The first-order chi connectivity index (χ1) is 6.34. The molecule has 1 unspecified atom stereocenters. The van der Waals surface area contributed by atoms with Crippen LogP contribution in [0.15, 0.2) is 30.3 Å². The maximum absolute atomic E-state index is 10.9. The Labute approximate surface area is 74.6 Å². The van der Waals surface area contributed by atoms with E-state index >= 15 is 0 Å². The van der Waals surface area contributed by atoms with Crippen molar-refractivity contribution in [3.8, 4) is 5.75 Å². The predicted molar refractivity (Wildman–Crippen MR) is 44.9 cm³/mol. The SMILES string of the molecule is O=C1C=C2c3ccccc3OC2O1. The van der Waals surface area contributed by atoms with E-state index in [1.165, 1.54) is 6.08 Å². The van der Waals surface area contributed by atoms with Crippen LogP contribution in [0, 0.1) is 0 Å². The second kappa shape index (κ2) is 2.13. The van der Waals surface area contributed by atoms with Gasteiger partial charge in [-0.05, 0) is 6.07 Å². The van der Waals surface area contributed by atoms with Crippen molar-refractivity contribution >= 4 is 11.5 Å². The lowest BCUT2D eigenvalue weighted by Crippen LogP contribution is -2.13. The van der Waals surface area contributed by atoms with Gasteiger partial charge >= 0.3 is 5.97 Å². The Morgan fingerprint density at radius 3 is 2.92 bits per heavy atom. The van der Waals surface area contributed by atoms with Crippen LogP contribution in [0.4, 0.5) is 0 Å². The Balaban J connectivity index is 2.19. The van der Waals surface area contributed by atoms with Gasteiger partial charge in [0.05, 0.1) is 5.57 Å². The van der Waals surface area contributed by atoms with E-state index in [9.17, 15) is 4.79 Å². The Morgan fingerprint density at radius 1 is 1.15 bits per heavy atom. The zero-order valence-electron chi connectivity index (χ0n) is 6.69. The van der Waals surface area contributed by atoms with Gasteiger partial charge in [0, 0.05) is 11.6 Å². The van der Waals surface area contributed by atoms with Gasteiger partial charge in [-0.15, -0.1) is 0 Å². The first-order valence-electron chi connectivity index (χ1n) is 4.03. The van der Waals surface area contributed by atoms with Crippen LogP contribution in [-0.4, -0.2) is 12.3 Å². The van der Waals surface area contributed by atoms with Gasteiger partial charge in [0.1, 0.15) is 5.75 Å². The molecule has 3 nitrogen and oxygen atoms in total. The second-order valence-corrected chi connectivity index (χ2v) is 2.98. The smallest absolute Gasteiger partial charge is 0.334 e. The van der Waals surface area contributed by atoms with Gasteiger partial charge in [0.15, 0.2) is 0 Å². The van der Waals surface area contributed by atoms with Crippen molar-refractivity contribution in [2.24, 2.45) is 0 Å². The maximum Gasteiger partial charge on any atom is 0.334 e. The summed E-state index contributed by atoms with van der Waals surface area (Å²) in [5.74, 6) is 0.459. The molecule has 2 heterocycles. The van der Waals surface area contributed by atoms with Crippen LogP contribution in [0.5, 0.6) is 5.75 Å². The number of ether oxygens (including phenoxy) is 2. The number of para-hydroxylation sites is 1. The zero-order valence-corrected chi connectivity index (χ0v) is 6.69. The quantitative estimate of drug-likeness (QED) is 0.557. The molecule has 0 aliphatic carbocycles. The van der Waals surface area contributed by atoms with Gasteiger partial charge in [-0.3, -0.25) is 0 Å². The fraction of sp³-hybridized carbons (Fsp3) is 0.100. The molecule has 1 aromatic carbocycles. The van der Waals surface area contributed by atoms with Crippen LogP contribution in [0.3, 0.4) is 0 Å². The average Bonchev–Trinajstić information content (AvgIpc) is 2.60. The number of carbonyl (C=O) groups is 1. The van der Waals surface area contributed by atoms with Crippen LogP contribution >= 0.6 is 0 Å². The van der Waals surface area contributed by atoms with E-state index in [2.05, 4.69) is 0 Å². The van der Waals surface area contributed by atoms with E-state index in [-0.39, 0.29) is 5.97 Å². The summed E-state index contributed by atoms with van der Waals surface area (Å²) in [6.07, 6.45) is 0.973. The highest BCUT2D eigenvalue weighted by molar-refractivity contribution is 5.98. The lowest BCUT2D eigenvalue weighted by atomic mass is 10.1. The van der Waals surface area contributed by atoms with E-state index in [1.807, 2.05) is 24.3 Å². The second-order valence-electron chi connectivity index (χ2n) is 2.98. The topological polar surface area (TPSA) is 35.5 Å².